The Morgan fingerprint density at radius 3 is 2.89 bits per heavy atom. The third-order valence-corrected chi connectivity index (χ3v) is 6.00. The van der Waals surface area contributed by atoms with Crippen LogP contribution in [0.15, 0.2) is 42.7 Å². The first-order valence-corrected chi connectivity index (χ1v) is 10.0. The first-order valence-electron chi connectivity index (χ1n) is 10.0. The molecule has 2 heterocycles. The Labute approximate surface area is 161 Å². The Bertz CT molecular complexity index is 800. The van der Waals surface area contributed by atoms with Crippen molar-refractivity contribution in [3.8, 4) is 11.1 Å². The number of benzene rings is 1. The summed E-state index contributed by atoms with van der Waals surface area (Å²) in [5.74, 6) is 0.547. The van der Waals surface area contributed by atoms with Gasteiger partial charge in [-0.25, -0.2) is 0 Å². The third-order valence-electron chi connectivity index (χ3n) is 6.00. The van der Waals surface area contributed by atoms with Crippen LogP contribution in [0.2, 0.25) is 0 Å². The highest BCUT2D eigenvalue weighted by Crippen LogP contribution is 2.28. The van der Waals surface area contributed by atoms with Crippen LogP contribution in [0.3, 0.4) is 0 Å². The number of nitrogens with one attached hydrogen (secondary N) is 1. The van der Waals surface area contributed by atoms with E-state index in [1.165, 1.54) is 38.6 Å². The van der Waals surface area contributed by atoms with E-state index in [-0.39, 0.29) is 5.91 Å². The van der Waals surface area contributed by atoms with Gasteiger partial charge in [-0.2, -0.15) is 0 Å². The molecule has 4 rings (SSSR count). The van der Waals surface area contributed by atoms with Gasteiger partial charge < -0.3 is 16.0 Å². The molecule has 1 aliphatic carbocycles. The lowest BCUT2D eigenvalue weighted by Gasteiger charge is -2.23. The van der Waals surface area contributed by atoms with Gasteiger partial charge in [0.15, 0.2) is 0 Å². The Kier molecular flexibility index (Phi) is 5.39. The van der Waals surface area contributed by atoms with E-state index in [9.17, 15) is 4.79 Å². The number of hydrogen-bond donors (Lipinski definition) is 2. The summed E-state index contributed by atoms with van der Waals surface area (Å²) >= 11 is 0. The maximum Gasteiger partial charge on any atom is 0.251 e. The van der Waals surface area contributed by atoms with Gasteiger partial charge in [0.25, 0.3) is 5.91 Å². The zero-order valence-electron chi connectivity index (χ0n) is 15.7. The van der Waals surface area contributed by atoms with E-state index in [2.05, 4.69) is 15.2 Å². The summed E-state index contributed by atoms with van der Waals surface area (Å²) in [6.07, 6.45) is 10.0. The highest BCUT2D eigenvalue weighted by atomic mass is 16.1. The van der Waals surface area contributed by atoms with E-state index in [0.717, 1.165) is 30.3 Å². The van der Waals surface area contributed by atoms with E-state index in [4.69, 9.17) is 5.73 Å². The van der Waals surface area contributed by atoms with Crippen LogP contribution < -0.4 is 11.1 Å². The molecule has 0 bridgehead atoms. The number of rotatable bonds is 5. The van der Waals surface area contributed by atoms with Crippen molar-refractivity contribution in [2.75, 3.05) is 25.4 Å². The molecule has 0 radical (unpaired) electrons. The topological polar surface area (TPSA) is 71.2 Å². The Morgan fingerprint density at radius 2 is 2.07 bits per heavy atom. The molecule has 1 amide bonds. The maximum absolute atomic E-state index is 12.6. The molecule has 142 valence electrons. The molecule has 1 aromatic carbocycles. The fourth-order valence-corrected chi connectivity index (χ4v) is 4.44. The predicted molar refractivity (Wildman–Crippen MR) is 108 cm³/mol. The van der Waals surface area contributed by atoms with Crippen molar-refractivity contribution in [3.63, 3.8) is 0 Å². The first kappa shape index (κ1) is 18.0. The molecule has 27 heavy (non-hydrogen) atoms. The molecule has 2 aromatic rings. The second-order valence-electron chi connectivity index (χ2n) is 7.84. The fraction of sp³-hybridized carbons (Fsp3) is 0.455. The number of pyridine rings is 1. The number of nitrogens with zero attached hydrogens (tertiary/aromatic N) is 2. The first-order chi connectivity index (χ1) is 13.2. The molecule has 1 aliphatic heterocycles. The fourth-order valence-electron chi connectivity index (χ4n) is 4.44. The van der Waals surface area contributed by atoms with Crippen LogP contribution >= 0.6 is 0 Å². The molecule has 2 aliphatic rings. The van der Waals surface area contributed by atoms with Crippen LogP contribution in [0.1, 0.15) is 42.5 Å². The van der Waals surface area contributed by atoms with Gasteiger partial charge in [-0.3, -0.25) is 9.78 Å². The molecule has 1 atom stereocenters. The van der Waals surface area contributed by atoms with Gasteiger partial charge in [-0.05, 0) is 55.5 Å². The summed E-state index contributed by atoms with van der Waals surface area (Å²) in [6.45, 7) is 3.06. The van der Waals surface area contributed by atoms with Gasteiger partial charge in [0.2, 0.25) is 0 Å². The van der Waals surface area contributed by atoms with Gasteiger partial charge in [0, 0.05) is 48.3 Å². The average Bonchev–Trinajstić information content (AvgIpc) is 3.38. The summed E-state index contributed by atoms with van der Waals surface area (Å²) in [4.78, 5) is 19.4. The van der Waals surface area contributed by atoms with Crippen LogP contribution in [0, 0.1) is 5.92 Å². The summed E-state index contributed by atoms with van der Waals surface area (Å²) in [5.41, 5.74) is 9.15. The number of nitrogens with two attached hydrogens (primary N) is 1. The predicted octanol–water partition coefficient (Wildman–Crippen LogP) is 3.33. The van der Waals surface area contributed by atoms with Crippen molar-refractivity contribution in [1.29, 1.82) is 0 Å². The van der Waals surface area contributed by atoms with E-state index >= 15 is 0 Å². The van der Waals surface area contributed by atoms with Crippen LogP contribution in [0.5, 0.6) is 0 Å². The van der Waals surface area contributed by atoms with Crippen molar-refractivity contribution in [3.05, 3.63) is 48.3 Å². The van der Waals surface area contributed by atoms with Gasteiger partial charge in [0.05, 0.1) is 0 Å². The minimum absolute atomic E-state index is 0.0152. The van der Waals surface area contributed by atoms with E-state index in [1.807, 2.05) is 24.3 Å². The maximum atomic E-state index is 12.6. The molecular formula is C22H28N4O. The Morgan fingerprint density at radius 1 is 1.22 bits per heavy atom. The lowest BCUT2D eigenvalue weighted by molar-refractivity contribution is 0.0947. The van der Waals surface area contributed by atoms with Gasteiger partial charge in [-0.15, -0.1) is 0 Å². The highest BCUT2D eigenvalue weighted by Gasteiger charge is 2.29. The molecular weight excluding hydrogens is 336 g/mol. The van der Waals surface area contributed by atoms with Gasteiger partial charge >= 0.3 is 0 Å². The summed E-state index contributed by atoms with van der Waals surface area (Å²) in [5, 5.41) is 3.13. The quantitative estimate of drug-likeness (QED) is 0.854. The molecule has 1 unspecified atom stereocenters. The van der Waals surface area contributed by atoms with Gasteiger partial charge in [0.1, 0.15) is 0 Å². The normalized spacial score (nSPS) is 20.8. The number of nitrogen functional groups attached to an aromatic ring is 1. The monoisotopic (exact) mass is 364 g/mol. The standard InChI is InChI=1S/C22H28N4O/c23-21-8-10-24-14-20(21)17-4-3-5-18(12-17)22(27)25-13-16-9-11-26(15-16)19-6-1-2-7-19/h3-5,8,10,12,14,16,19H,1-2,6-7,9,11,13,15H2,(H2,23,24)(H,25,27). The minimum Gasteiger partial charge on any atom is -0.398 e. The van der Waals surface area contributed by atoms with E-state index in [1.54, 1.807) is 18.5 Å². The molecule has 1 saturated heterocycles. The van der Waals surface area contributed by atoms with Gasteiger partial charge in [-0.1, -0.05) is 25.0 Å². The summed E-state index contributed by atoms with van der Waals surface area (Å²) < 4.78 is 0. The van der Waals surface area contributed by atoms with E-state index < -0.39 is 0 Å². The third kappa shape index (κ3) is 4.14. The molecule has 1 saturated carbocycles. The zero-order chi connectivity index (χ0) is 18.6. The molecule has 1 aromatic heterocycles. The van der Waals surface area contributed by atoms with E-state index in [0.29, 0.717) is 17.2 Å². The number of amides is 1. The molecule has 0 spiro atoms. The zero-order valence-corrected chi connectivity index (χ0v) is 15.7. The Hall–Kier alpha value is -2.40. The number of carbonyl (C=O) groups excluding carboxylic acids is 1. The Balaban J connectivity index is 1.35. The molecule has 5 heteroatoms. The highest BCUT2D eigenvalue weighted by molar-refractivity contribution is 5.95. The number of aromatic nitrogens is 1. The van der Waals surface area contributed by atoms with Crippen LogP contribution in [0.25, 0.3) is 11.1 Å². The summed E-state index contributed by atoms with van der Waals surface area (Å²) in [7, 11) is 0. The summed E-state index contributed by atoms with van der Waals surface area (Å²) in [6, 6.07) is 10.2. The number of likely N-dealkylation sites (tertiary alicyclic amines) is 1. The second kappa shape index (κ2) is 8.09. The minimum atomic E-state index is -0.0152. The van der Waals surface area contributed by atoms with Crippen molar-refractivity contribution in [2.24, 2.45) is 5.92 Å². The molecule has 3 N–H and O–H groups in total. The van der Waals surface area contributed by atoms with Crippen LogP contribution in [-0.2, 0) is 0 Å². The lowest BCUT2D eigenvalue weighted by Crippen LogP contribution is -2.34. The van der Waals surface area contributed by atoms with Crippen molar-refractivity contribution in [2.45, 2.75) is 38.1 Å². The van der Waals surface area contributed by atoms with Crippen molar-refractivity contribution < 1.29 is 4.79 Å². The van der Waals surface area contributed by atoms with Crippen LogP contribution in [-0.4, -0.2) is 41.5 Å². The number of hydrogen-bond acceptors (Lipinski definition) is 4. The van der Waals surface area contributed by atoms with Crippen LogP contribution in [0.4, 0.5) is 5.69 Å². The number of anilines is 1. The molecule has 5 nitrogen and oxygen atoms in total. The largest absolute Gasteiger partial charge is 0.398 e. The SMILES string of the molecule is Nc1ccncc1-c1cccc(C(=O)NCC2CCN(C3CCCC3)C2)c1. The number of carbonyl (C=O) groups is 1. The van der Waals surface area contributed by atoms with Crippen molar-refractivity contribution in [1.82, 2.24) is 15.2 Å². The molecule has 2 fully saturated rings. The van der Waals surface area contributed by atoms with Crippen molar-refractivity contribution >= 4 is 11.6 Å². The second-order valence-corrected chi connectivity index (χ2v) is 7.84. The lowest BCUT2D eigenvalue weighted by atomic mass is 10.0. The average molecular weight is 364 g/mol. The smallest absolute Gasteiger partial charge is 0.251 e.